The molecule has 0 bridgehead atoms. The molecule has 1 aliphatic heterocycles. The van der Waals surface area contributed by atoms with E-state index in [1.165, 1.54) is 18.7 Å². The molecule has 7 heteroatoms. The van der Waals surface area contributed by atoms with Crippen molar-refractivity contribution in [3.8, 4) is 6.07 Å². The van der Waals surface area contributed by atoms with E-state index in [9.17, 15) is 14.4 Å². The number of ketones is 1. The highest BCUT2D eigenvalue weighted by Crippen LogP contribution is 2.13. The van der Waals surface area contributed by atoms with Gasteiger partial charge in [0.2, 0.25) is 5.84 Å². The minimum Gasteiger partial charge on any atom is -0.308 e. The fourth-order valence-electron chi connectivity index (χ4n) is 1.80. The van der Waals surface area contributed by atoms with Crippen LogP contribution in [0.3, 0.4) is 0 Å². The van der Waals surface area contributed by atoms with Crippen molar-refractivity contribution in [2.75, 3.05) is 20.6 Å². The minimum absolute atomic E-state index is 0.242. The number of Topliss-reactive ketones (excluding diaryl/α,β-unsaturated/α-hetero) is 1. The first kappa shape index (κ1) is 13.8. The summed E-state index contributed by atoms with van der Waals surface area (Å²) in [5.41, 5.74) is 0. The summed E-state index contributed by atoms with van der Waals surface area (Å²) < 4.78 is 1.23. The summed E-state index contributed by atoms with van der Waals surface area (Å²) in [5.74, 6) is -1.97. The van der Waals surface area contributed by atoms with Gasteiger partial charge in [0.25, 0.3) is 0 Å². The van der Waals surface area contributed by atoms with E-state index in [2.05, 4.69) is 5.32 Å². The van der Waals surface area contributed by atoms with E-state index in [1.807, 2.05) is 0 Å². The molecule has 0 aromatic heterocycles. The van der Waals surface area contributed by atoms with Crippen molar-refractivity contribution in [2.45, 2.75) is 13.3 Å². The van der Waals surface area contributed by atoms with E-state index in [4.69, 9.17) is 5.26 Å². The second kappa shape index (κ2) is 5.40. The van der Waals surface area contributed by atoms with Gasteiger partial charge in [-0.25, -0.2) is 9.37 Å². The third kappa shape index (κ3) is 2.22. The van der Waals surface area contributed by atoms with Crippen LogP contribution in [-0.4, -0.2) is 53.7 Å². The monoisotopic (exact) mass is 251 g/mol. The highest BCUT2D eigenvalue weighted by molar-refractivity contribution is 6.23. The van der Waals surface area contributed by atoms with Gasteiger partial charge in [-0.15, -0.1) is 0 Å². The van der Waals surface area contributed by atoms with Crippen LogP contribution in [0.15, 0.2) is 0 Å². The van der Waals surface area contributed by atoms with E-state index < -0.39 is 23.6 Å². The number of amides is 3. The van der Waals surface area contributed by atoms with Crippen molar-refractivity contribution in [2.24, 2.45) is 5.92 Å². The fraction of sp³-hybridized carbons (Fsp3) is 0.545. The summed E-state index contributed by atoms with van der Waals surface area (Å²) in [5, 5.41) is 11.4. The van der Waals surface area contributed by atoms with Crippen LogP contribution in [-0.2, 0) is 9.59 Å². The minimum atomic E-state index is -1.10. The summed E-state index contributed by atoms with van der Waals surface area (Å²) in [6.07, 6.45) is -0.360. The van der Waals surface area contributed by atoms with Crippen molar-refractivity contribution in [1.82, 2.24) is 10.2 Å². The number of nitrogens with one attached hydrogen (secondary N) is 1. The van der Waals surface area contributed by atoms with Crippen molar-refractivity contribution in [3.05, 3.63) is 0 Å². The van der Waals surface area contributed by atoms with Gasteiger partial charge < -0.3 is 5.32 Å². The molecule has 96 valence electrons. The summed E-state index contributed by atoms with van der Waals surface area (Å²) >= 11 is 0. The molecular formula is C11H15N4O3+. The highest BCUT2D eigenvalue weighted by Gasteiger charge is 2.47. The third-order valence-electron chi connectivity index (χ3n) is 2.72. The molecule has 1 rings (SSSR count). The third-order valence-corrected chi connectivity index (χ3v) is 2.72. The summed E-state index contributed by atoms with van der Waals surface area (Å²) in [4.78, 5) is 36.4. The van der Waals surface area contributed by atoms with Gasteiger partial charge in [0.15, 0.2) is 11.7 Å². The van der Waals surface area contributed by atoms with Crippen molar-refractivity contribution >= 4 is 23.6 Å². The topological polar surface area (TPSA) is 93.3 Å². The molecule has 0 saturated heterocycles. The molecule has 0 aromatic carbocycles. The number of hydrogen-bond acceptors (Lipinski definition) is 5. The zero-order valence-corrected chi connectivity index (χ0v) is 10.6. The zero-order chi connectivity index (χ0) is 13.9. The van der Waals surface area contributed by atoms with Gasteiger partial charge in [0.1, 0.15) is 0 Å². The predicted molar refractivity (Wildman–Crippen MR) is 61.8 cm³/mol. The van der Waals surface area contributed by atoms with Gasteiger partial charge >= 0.3 is 11.9 Å². The lowest BCUT2D eigenvalue weighted by atomic mass is 9.97. The maximum atomic E-state index is 12.0. The number of carbonyl (C=O) groups excluding carboxylic acids is 3. The van der Waals surface area contributed by atoms with Gasteiger partial charge in [-0.3, -0.25) is 9.59 Å². The van der Waals surface area contributed by atoms with Crippen molar-refractivity contribution in [1.29, 1.82) is 5.26 Å². The molecule has 0 fully saturated rings. The molecular weight excluding hydrogens is 236 g/mol. The number of rotatable bonds is 3. The lowest BCUT2D eigenvalue weighted by Gasteiger charge is -2.24. The molecule has 1 atom stereocenters. The van der Waals surface area contributed by atoms with Crippen LogP contribution in [0.4, 0.5) is 4.79 Å². The Hall–Kier alpha value is -2.23. The molecule has 0 aromatic rings. The molecule has 0 radical (unpaired) electrons. The molecule has 0 aliphatic carbocycles. The maximum Gasteiger partial charge on any atom is 0.445 e. The molecule has 0 spiro atoms. The number of nitriles is 1. The lowest BCUT2D eigenvalue weighted by Crippen LogP contribution is -2.58. The molecule has 3 amide bonds. The number of urea groups is 1. The predicted octanol–water partition coefficient (Wildman–Crippen LogP) is -0.672. The summed E-state index contributed by atoms with van der Waals surface area (Å²) in [6, 6.07) is 1.22. The van der Waals surface area contributed by atoms with Gasteiger partial charge in [-0.05, 0) is 6.92 Å². The van der Waals surface area contributed by atoms with Crippen LogP contribution < -0.4 is 5.32 Å². The van der Waals surface area contributed by atoms with E-state index in [-0.39, 0.29) is 12.3 Å². The molecule has 18 heavy (non-hydrogen) atoms. The van der Waals surface area contributed by atoms with Crippen LogP contribution in [0.1, 0.15) is 13.3 Å². The number of amidine groups is 1. The first-order valence-electron chi connectivity index (χ1n) is 5.51. The fourth-order valence-corrected chi connectivity index (χ4v) is 1.80. The van der Waals surface area contributed by atoms with Gasteiger partial charge in [-0.2, -0.15) is 10.2 Å². The molecule has 1 unspecified atom stereocenters. The average Bonchev–Trinajstić information content (AvgIpc) is 2.34. The van der Waals surface area contributed by atoms with E-state index in [0.717, 1.165) is 4.90 Å². The molecule has 1 heterocycles. The lowest BCUT2D eigenvalue weighted by molar-refractivity contribution is -0.408. The number of hydrogen-bond donors (Lipinski definition) is 1. The van der Waals surface area contributed by atoms with Crippen LogP contribution >= 0.6 is 0 Å². The molecule has 1 N–H and O–H groups in total. The maximum absolute atomic E-state index is 12.0. The Labute approximate surface area is 105 Å². The Balaban J connectivity index is 3.26. The normalized spacial score (nSPS) is 19.9. The summed E-state index contributed by atoms with van der Waals surface area (Å²) in [6.45, 7) is 2.26. The SMILES string of the molecule is CCNC1=[N+](C)C(=O)N(C)C(=O)C1C(=O)CC#N. The first-order chi connectivity index (χ1) is 8.45. The van der Waals surface area contributed by atoms with Crippen LogP contribution in [0.2, 0.25) is 0 Å². The Morgan fingerprint density at radius 3 is 2.67 bits per heavy atom. The average molecular weight is 251 g/mol. The molecule has 0 saturated carbocycles. The number of nitrogens with zero attached hydrogens (tertiary/aromatic N) is 3. The van der Waals surface area contributed by atoms with Gasteiger partial charge in [0, 0.05) is 0 Å². The Morgan fingerprint density at radius 1 is 1.56 bits per heavy atom. The molecule has 1 aliphatic rings. The van der Waals surface area contributed by atoms with Crippen molar-refractivity contribution in [3.63, 3.8) is 0 Å². The van der Waals surface area contributed by atoms with Crippen molar-refractivity contribution < 1.29 is 19.0 Å². The van der Waals surface area contributed by atoms with Crippen LogP contribution in [0, 0.1) is 17.2 Å². The smallest absolute Gasteiger partial charge is 0.308 e. The number of imide groups is 1. The van der Waals surface area contributed by atoms with Gasteiger partial charge in [0.05, 0.1) is 33.1 Å². The second-order valence-corrected chi connectivity index (χ2v) is 3.89. The Morgan fingerprint density at radius 2 is 2.17 bits per heavy atom. The zero-order valence-electron chi connectivity index (χ0n) is 10.6. The molecule has 7 nitrogen and oxygen atoms in total. The van der Waals surface area contributed by atoms with Gasteiger partial charge in [-0.1, -0.05) is 0 Å². The quantitative estimate of drug-likeness (QED) is 0.530. The second-order valence-electron chi connectivity index (χ2n) is 3.89. The standard InChI is InChI=1S/C11H14N4O3/c1-4-13-9-8(7(16)5-6-12)10(17)15(3)11(18)14(9)2/h8H,4-5H2,1-3H3/p+1. The Kier molecular flexibility index (Phi) is 4.15. The van der Waals surface area contributed by atoms with Crippen LogP contribution in [0.5, 0.6) is 0 Å². The Bertz CT molecular complexity index is 475. The highest BCUT2D eigenvalue weighted by atomic mass is 16.2. The van der Waals surface area contributed by atoms with E-state index >= 15 is 0 Å². The van der Waals surface area contributed by atoms with E-state index in [1.54, 1.807) is 13.0 Å². The van der Waals surface area contributed by atoms with E-state index in [0.29, 0.717) is 6.54 Å². The summed E-state index contributed by atoms with van der Waals surface area (Å²) in [7, 11) is 2.80. The largest absolute Gasteiger partial charge is 0.445 e. The first-order valence-corrected chi connectivity index (χ1v) is 5.51. The number of carbonyl (C=O) groups is 3. The van der Waals surface area contributed by atoms with Crippen LogP contribution in [0.25, 0.3) is 0 Å².